The van der Waals surface area contributed by atoms with Gasteiger partial charge in [0.05, 0.1) is 11.4 Å². The van der Waals surface area contributed by atoms with Gasteiger partial charge in [0.15, 0.2) is 0 Å². The highest BCUT2D eigenvalue weighted by Crippen LogP contribution is 2.28. The lowest BCUT2D eigenvalue weighted by molar-refractivity contribution is -0.134. The average molecular weight is 417 g/mol. The first-order chi connectivity index (χ1) is 12.5. The highest BCUT2D eigenvalue weighted by molar-refractivity contribution is 9.10. The van der Waals surface area contributed by atoms with Gasteiger partial charge in [0.1, 0.15) is 18.2 Å². The van der Waals surface area contributed by atoms with Crippen LogP contribution in [0.3, 0.4) is 0 Å². The zero-order valence-electron chi connectivity index (χ0n) is 13.4. The van der Waals surface area contributed by atoms with E-state index < -0.39 is 5.97 Å². The van der Waals surface area contributed by atoms with Crippen molar-refractivity contribution < 1.29 is 14.3 Å². The summed E-state index contributed by atoms with van der Waals surface area (Å²) < 4.78 is 13.8. The Balaban J connectivity index is 1.97. The molecular formula is C18H14BrFN4O2. The van der Waals surface area contributed by atoms with Crippen LogP contribution in [0.2, 0.25) is 0 Å². The number of halogens is 2. The van der Waals surface area contributed by atoms with E-state index in [0.717, 1.165) is 5.56 Å². The average Bonchev–Trinajstić information content (AvgIpc) is 2.63. The fourth-order valence-electron chi connectivity index (χ4n) is 2.23. The predicted octanol–water partition coefficient (Wildman–Crippen LogP) is 4.29. The standard InChI is InChI=1S/C18H14BrFN4O2/c19-13-8-12(20)6-7-14(13)22-16-9-15(11-4-2-1-3-5-11)23-18(24-16)21-10-17(25)26/h1-9H,10H2,(H,25,26)(H2,21,22,23,24). The summed E-state index contributed by atoms with van der Waals surface area (Å²) in [6.45, 7) is -0.308. The van der Waals surface area contributed by atoms with Gasteiger partial charge in [-0.1, -0.05) is 30.3 Å². The molecule has 0 radical (unpaired) electrons. The van der Waals surface area contributed by atoms with Crippen LogP contribution >= 0.6 is 15.9 Å². The summed E-state index contributed by atoms with van der Waals surface area (Å²) >= 11 is 3.30. The maximum Gasteiger partial charge on any atom is 0.322 e. The molecule has 0 saturated heterocycles. The van der Waals surface area contributed by atoms with Gasteiger partial charge in [0, 0.05) is 16.1 Å². The van der Waals surface area contributed by atoms with Crippen LogP contribution in [0.25, 0.3) is 11.3 Å². The number of carboxylic acid groups (broad SMARTS) is 1. The molecular weight excluding hydrogens is 403 g/mol. The van der Waals surface area contributed by atoms with E-state index >= 15 is 0 Å². The summed E-state index contributed by atoms with van der Waals surface area (Å²) in [7, 11) is 0. The van der Waals surface area contributed by atoms with Crippen LogP contribution in [0.1, 0.15) is 0 Å². The van der Waals surface area contributed by atoms with Crippen molar-refractivity contribution in [2.75, 3.05) is 17.2 Å². The van der Waals surface area contributed by atoms with E-state index in [2.05, 4.69) is 36.5 Å². The summed E-state index contributed by atoms with van der Waals surface area (Å²) in [4.78, 5) is 19.4. The molecule has 0 aliphatic rings. The normalized spacial score (nSPS) is 10.4. The Bertz CT molecular complexity index is 938. The maximum absolute atomic E-state index is 13.3. The fourth-order valence-corrected chi connectivity index (χ4v) is 2.68. The Morgan fingerprint density at radius 2 is 1.88 bits per heavy atom. The van der Waals surface area contributed by atoms with Gasteiger partial charge < -0.3 is 15.7 Å². The first-order valence-electron chi connectivity index (χ1n) is 7.63. The van der Waals surface area contributed by atoms with E-state index in [4.69, 9.17) is 5.11 Å². The number of aliphatic carboxylic acids is 1. The molecule has 0 spiro atoms. The minimum Gasteiger partial charge on any atom is -0.480 e. The van der Waals surface area contributed by atoms with E-state index in [9.17, 15) is 9.18 Å². The van der Waals surface area contributed by atoms with E-state index in [1.54, 1.807) is 12.1 Å². The van der Waals surface area contributed by atoms with E-state index in [1.807, 2.05) is 30.3 Å². The molecule has 0 saturated carbocycles. The molecule has 8 heteroatoms. The summed E-state index contributed by atoms with van der Waals surface area (Å²) in [6.07, 6.45) is 0. The van der Waals surface area contributed by atoms with E-state index in [-0.39, 0.29) is 18.3 Å². The molecule has 0 atom stereocenters. The predicted molar refractivity (Wildman–Crippen MR) is 101 cm³/mol. The molecule has 1 heterocycles. The Kier molecular flexibility index (Phi) is 5.43. The van der Waals surface area contributed by atoms with Crippen molar-refractivity contribution in [1.29, 1.82) is 0 Å². The number of benzene rings is 2. The number of aromatic nitrogens is 2. The number of nitrogens with one attached hydrogen (secondary N) is 2. The number of hydrogen-bond acceptors (Lipinski definition) is 5. The molecule has 2 aromatic carbocycles. The van der Waals surface area contributed by atoms with Gasteiger partial charge in [-0.25, -0.2) is 9.37 Å². The largest absolute Gasteiger partial charge is 0.480 e. The van der Waals surface area contributed by atoms with E-state index in [1.165, 1.54) is 12.1 Å². The second-order valence-corrected chi connectivity index (χ2v) is 6.18. The van der Waals surface area contributed by atoms with Gasteiger partial charge in [-0.15, -0.1) is 0 Å². The lowest BCUT2D eigenvalue weighted by Crippen LogP contribution is -2.15. The first kappa shape index (κ1) is 17.8. The number of anilines is 3. The molecule has 6 nitrogen and oxygen atoms in total. The molecule has 0 unspecified atom stereocenters. The summed E-state index contributed by atoms with van der Waals surface area (Å²) in [5, 5.41) is 14.6. The van der Waals surface area contributed by atoms with Crippen LogP contribution < -0.4 is 10.6 Å². The van der Waals surface area contributed by atoms with Crippen LogP contribution in [0.5, 0.6) is 0 Å². The van der Waals surface area contributed by atoms with Crippen LogP contribution in [-0.2, 0) is 4.79 Å². The molecule has 1 aromatic heterocycles. The number of hydrogen-bond donors (Lipinski definition) is 3. The van der Waals surface area contributed by atoms with Crippen LogP contribution in [0.4, 0.5) is 21.8 Å². The Labute approximate surface area is 157 Å². The fraction of sp³-hybridized carbons (Fsp3) is 0.0556. The van der Waals surface area contributed by atoms with Gasteiger partial charge in [-0.05, 0) is 34.1 Å². The van der Waals surface area contributed by atoms with Crippen molar-refractivity contribution >= 4 is 39.4 Å². The zero-order valence-corrected chi connectivity index (χ0v) is 15.0. The van der Waals surface area contributed by atoms with Crippen LogP contribution in [0.15, 0.2) is 59.1 Å². The van der Waals surface area contributed by atoms with Gasteiger partial charge in [-0.3, -0.25) is 4.79 Å². The molecule has 0 aliphatic carbocycles. The van der Waals surface area contributed by atoms with Gasteiger partial charge in [-0.2, -0.15) is 4.98 Å². The summed E-state index contributed by atoms with van der Waals surface area (Å²) in [6, 6.07) is 15.4. The Hall–Kier alpha value is -3.00. The van der Waals surface area contributed by atoms with Crippen molar-refractivity contribution in [1.82, 2.24) is 9.97 Å². The molecule has 3 aromatic rings. The van der Waals surface area contributed by atoms with Crippen molar-refractivity contribution in [2.45, 2.75) is 0 Å². The molecule has 132 valence electrons. The lowest BCUT2D eigenvalue weighted by Gasteiger charge is -2.12. The second kappa shape index (κ2) is 7.92. The molecule has 26 heavy (non-hydrogen) atoms. The Morgan fingerprint density at radius 3 is 2.58 bits per heavy atom. The third kappa shape index (κ3) is 4.54. The molecule has 0 fully saturated rings. The lowest BCUT2D eigenvalue weighted by atomic mass is 10.1. The van der Waals surface area contributed by atoms with Crippen LogP contribution in [0, 0.1) is 5.82 Å². The molecule has 0 bridgehead atoms. The zero-order chi connectivity index (χ0) is 18.5. The number of carbonyl (C=O) groups is 1. The van der Waals surface area contributed by atoms with Crippen molar-refractivity contribution in [2.24, 2.45) is 0 Å². The smallest absolute Gasteiger partial charge is 0.322 e. The van der Waals surface area contributed by atoms with Crippen molar-refractivity contribution in [3.8, 4) is 11.3 Å². The number of rotatable bonds is 6. The molecule has 0 amide bonds. The third-order valence-electron chi connectivity index (χ3n) is 3.39. The van der Waals surface area contributed by atoms with Crippen LogP contribution in [-0.4, -0.2) is 27.6 Å². The molecule has 0 aliphatic heterocycles. The molecule has 3 N–H and O–H groups in total. The summed E-state index contributed by atoms with van der Waals surface area (Å²) in [5.41, 5.74) is 2.09. The summed E-state index contributed by atoms with van der Waals surface area (Å²) in [5.74, 6) is -0.762. The number of carboxylic acids is 1. The van der Waals surface area contributed by atoms with E-state index in [0.29, 0.717) is 21.7 Å². The maximum atomic E-state index is 13.3. The highest BCUT2D eigenvalue weighted by atomic mass is 79.9. The quantitative estimate of drug-likeness (QED) is 0.555. The topological polar surface area (TPSA) is 87.1 Å². The minimum absolute atomic E-state index is 0.175. The SMILES string of the molecule is O=C(O)CNc1nc(Nc2ccc(F)cc2Br)cc(-c2ccccc2)n1. The highest BCUT2D eigenvalue weighted by Gasteiger charge is 2.10. The second-order valence-electron chi connectivity index (χ2n) is 5.32. The molecule has 3 rings (SSSR count). The van der Waals surface area contributed by atoms with Crippen molar-refractivity contribution in [3.05, 3.63) is 64.9 Å². The van der Waals surface area contributed by atoms with Crippen molar-refractivity contribution in [3.63, 3.8) is 0 Å². The minimum atomic E-state index is -1.02. The first-order valence-corrected chi connectivity index (χ1v) is 8.43. The van der Waals surface area contributed by atoms with Gasteiger partial charge >= 0.3 is 5.97 Å². The number of nitrogens with zero attached hydrogens (tertiary/aromatic N) is 2. The van der Waals surface area contributed by atoms with Gasteiger partial charge in [0.2, 0.25) is 5.95 Å². The van der Waals surface area contributed by atoms with Gasteiger partial charge in [0.25, 0.3) is 0 Å². The monoisotopic (exact) mass is 416 g/mol. The Morgan fingerprint density at radius 1 is 1.12 bits per heavy atom. The third-order valence-corrected chi connectivity index (χ3v) is 4.04.